The van der Waals surface area contributed by atoms with Crippen molar-refractivity contribution in [2.24, 2.45) is 0 Å². The second kappa shape index (κ2) is 6.41. The third-order valence-corrected chi connectivity index (χ3v) is 3.36. The van der Waals surface area contributed by atoms with Crippen LogP contribution in [0.2, 0.25) is 0 Å². The molecule has 0 spiro atoms. The molecule has 1 saturated heterocycles. The number of benzene rings is 1. The molecule has 0 unspecified atom stereocenters. The first kappa shape index (κ1) is 13.7. The number of ether oxygens (including phenoxy) is 2. The van der Waals surface area contributed by atoms with E-state index in [4.69, 9.17) is 20.5 Å². The lowest BCUT2D eigenvalue weighted by molar-refractivity contribution is 0.0384. The predicted molar refractivity (Wildman–Crippen MR) is 73.1 cm³/mol. The average molecular weight is 261 g/mol. The van der Waals surface area contributed by atoms with Crippen LogP contribution in [0.4, 0.5) is 5.69 Å². The summed E-state index contributed by atoms with van der Waals surface area (Å²) in [6.07, 6.45) is 0.880. The van der Waals surface area contributed by atoms with Crippen LogP contribution in [0, 0.1) is 11.3 Å². The molecular weight excluding hydrogens is 242 g/mol. The number of nitrogen functional groups attached to an aromatic ring is 1. The molecule has 5 nitrogen and oxygen atoms in total. The Bertz CT molecular complexity index is 476. The highest BCUT2D eigenvalue weighted by Crippen LogP contribution is 2.27. The van der Waals surface area contributed by atoms with E-state index in [0.29, 0.717) is 17.0 Å². The number of nitrogens with two attached hydrogens (primary N) is 1. The molecule has 0 atom stereocenters. The molecule has 0 amide bonds. The third kappa shape index (κ3) is 3.37. The van der Waals surface area contributed by atoms with Crippen LogP contribution in [0.5, 0.6) is 5.75 Å². The fourth-order valence-corrected chi connectivity index (χ4v) is 2.20. The van der Waals surface area contributed by atoms with Gasteiger partial charge in [0.1, 0.15) is 11.8 Å². The van der Waals surface area contributed by atoms with E-state index in [0.717, 1.165) is 44.8 Å². The first-order valence-electron chi connectivity index (χ1n) is 6.41. The summed E-state index contributed by atoms with van der Waals surface area (Å²) in [7, 11) is 1.57. The van der Waals surface area contributed by atoms with Crippen molar-refractivity contribution in [3.63, 3.8) is 0 Å². The Morgan fingerprint density at radius 3 is 2.79 bits per heavy atom. The highest BCUT2D eigenvalue weighted by Gasteiger charge is 2.12. The molecule has 2 N–H and O–H groups in total. The van der Waals surface area contributed by atoms with Crippen molar-refractivity contribution in [2.75, 3.05) is 45.7 Å². The number of morpholine rings is 1. The molecule has 0 saturated carbocycles. The van der Waals surface area contributed by atoms with Gasteiger partial charge in [0.25, 0.3) is 0 Å². The van der Waals surface area contributed by atoms with Crippen molar-refractivity contribution in [2.45, 2.75) is 6.42 Å². The van der Waals surface area contributed by atoms with Crippen LogP contribution < -0.4 is 10.5 Å². The Balaban J connectivity index is 2.05. The molecule has 1 heterocycles. The second-order valence-electron chi connectivity index (χ2n) is 4.58. The summed E-state index contributed by atoms with van der Waals surface area (Å²) < 4.78 is 10.5. The van der Waals surface area contributed by atoms with Gasteiger partial charge in [-0.3, -0.25) is 4.90 Å². The highest BCUT2D eigenvalue weighted by molar-refractivity contribution is 5.64. The van der Waals surface area contributed by atoms with E-state index in [2.05, 4.69) is 11.0 Å². The SMILES string of the molecule is COc1cc(CCN2CCOCC2)cc(C#N)c1N. The Morgan fingerprint density at radius 2 is 2.16 bits per heavy atom. The summed E-state index contributed by atoms with van der Waals surface area (Å²) in [4.78, 5) is 2.36. The molecule has 1 aliphatic rings. The smallest absolute Gasteiger partial charge is 0.143 e. The van der Waals surface area contributed by atoms with E-state index < -0.39 is 0 Å². The van der Waals surface area contributed by atoms with Gasteiger partial charge in [-0.05, 0) is 24.1 Å². The van der Waals surface area contributed by atoms with E-state index in [1.807, 2.05) is 12.1 Å². The highest BCUT2D eigenvalue weighted by atomic mass is 16.5. The molecule has 102 valence electrons. The summed E-state index contributed by atoms with van der Waals surface area (Å²) in [5.41, 5.74) is 7.82. The van der Waals surface area contributed by atoms with Gasteiger partial charge in [-0.1, -0.05) is 0 Å². The standard InChI is InChI=1S/C14H19N3O2/c1-18-13-9-11(8-12(10-15)14(13)16)2-3-17-4-6-19-7-5-17/h8-9H,2-7,16H2,1H3. The maximum atomic E-state index is 9.07. The maximum absolute atomic E-state index is 9.07. The fraction of sp³-hybridized carbons (Fsp3) is 0.500. The summed E-state index contributed by atoms with van der Waals surface area (Å²) in [6, 6.07) is 5.87. The van der Waals surface area contributed by atoms with E-state index in [9.17, 15) is 0 Å². The van der Waals surface area contributed by atoms with Crippen molar-refractivity contribution in [3.05, 3.63) is 23.3 Å². The maximum Gasteiger partial charge on any atom is 0.143 e. The predicted octanol–water partition coefficient (Wildman–Crippen LogP) is 1.02. The molecule has 5 heteroatoms. The molecule has 19 heavy (non-hydrogen) atoms. The van der Waals surface area contributed by atoms with Crippen LogP contribution in [0.15, 0.2) is 12.1 Å². The minimum atomic E-state index is 0.417. The summed E-state index contributed by atoms with van der Waals surface area (Å²) >= 11 is 0. The molecule has 1 aromatic carbocycles. The quantitative estimate of drug-likeness (QED) is 0.819. The van der Waals surface area contributed by atoms with E-state index in [-0.39, 0.29) is 0 Å². The number of methoxy groups -OCH3 is 1. The molecular formula is C14H19N3O2. The Kier molecular flexibility index (Phi) is 4.61. The van der Waals surface area contributed by atoms with E-state index in [1.54, 1.807) is 7.11 Å². The summed E-state index contributed by atoms with van der Waals surface area (Å²) in [5.74, 6) is 0.580. The zero-order chi connectivity index (χ0) is 13.7. The minimum absolute atomic E-state index is 0.417. The van der Waals surface area contributed by atoms with Crippen molar-refractivity contribution < 1.29 is 9.47 Å². The number of rotatable bonds is 4. The minimum Gasteiger partial charge on any atom is -0.495 e. The van der Waals surface area contributed by atoms with Crippen molar-refractivity contribution in [1.29, 1.82) is 5.26 Å². The number of nitriles is 1. The van der Waals surface area contributed by atoms with Gasteiger partial charge in [-0.2, -0.15) is 5.26 Å². The second-order valence-corrected chi connectivity index (χ2v) is 4.58. The number of anilines is 1. The Morgan fingerprint density at radius 1 is 1.42 bits per heavy atom. The molecule has 0 aromatic heterocycles. The van der Waals surface area contributed by atoms with Crippen LogP contribution in [0.1, 0.15) is 11.1 Å². The lowest BCUT2D eigenvalue weighted by Crippen LogP contribution is -2.37. The van der Waals surface area contributed by atoms with Crippen molar-refractivity contribution >= 4 is 5.69 Å². The van der Waals surface area contributed by atoms with Gasteiger partial charge in [0.15, 0.2) is 0 Å². The van der Waals surface area contributed by atoms with Gasteiger partial charge < -0.3 is 15.2 Å². The monoisotopic (exact) mass is 261 g/mol. The van der Waals surface area contributed by atoms with Crippen LogP contribution in [0.25, 0.3) is 0 Å². The Labute approximate surface area is 113 Å². The first-order chi connectivity index (χ1) is 9.24. The van der Waals surface area contributed by atoms with Crippen LogP contribution in [-0.4, -0.2) is 44.9 Å². The van der Waals surface area contributed by atoms with Crippen molar-refractivity contribution in [3.8, 4) is 11.8 Å². The molecule has 0 radical (unpaired) electrons. The van der Waals surface area contributed by atoms with Gasteiger partial charge in [-0.15, -0.1) is 0 Å². The first-order valence-corrected chi connectivity index (χ1v) is 6.41. The molecule has 2 rings (SSSR count). The number of nitrogens with zero attached hydrogens (tertiary/aromatic N) is 2. The van der Waals surface area contributed by atoms with Gasteiger partial charge in [0.05, 0.1) is 31.6 Å². The van der Waals surface area contributed by atoms with E-state index >= 15 is 0 Å². The molecule has 0 bridgehead atoms. The zero-order valence-electron chi connectivity index (χ0n) is 11.2. The zero-order valence-corrected chi connectivity index (χ0v) is 11.2. The van der Waals surface area contributed by atoms with Gasteiger partial charge in [-0.25, -0.2) is 0 Å². The normalized spacial score (nSPS) is 16.0. The lowest BCUT2D eigenvalue weighted by atomic mass is 10.1. The summed E-state index contributed by atoms with van der Waals surface area (Å²) in [5, 5.41) is 9.07. The van der Waals surface area contributed by atoms with Crippen LogP contribution in [-0.2, 0) is 11.2 Å². The van der Waals surface area contributed by atoms with Gasteiger partial charge in [0.2, 0.25) is 0 Å². The third-order valence-electron chi connectivity index (χ3n) is 3.36. The number of hydrogen-bond donors (Lipinski definition) is 1. The lowest BCUT2D eigenvalue weighted by Gasteiger charge is -2.26. The molecule has 0 aliphatic carbocycles. The van der Waals surface area contributed by atoms with Gasteiger partial charge >= 0.3 is 0 Å². The topological polar surface area (TPSA) is 71.5 Å². The average Bonchev–Trinajstić information content (AvgIpc) is 2.47. The molecule has 1 aliphatic heterocycles. The molecule has 1 aromatic rings. The van der Waals surface area contributed by atoms with Gasteiger partial charge in [0, 0.05) is 19.6 Å². The van der Waals surface area contributed by atoms with E-state index in [1.165, 1.54) is 0 Å². The number of hydrogen-bond acceptors (Lipinski definition) is 5. The largest absolute Gasteiger partial charge is 0.495 e. The van der Waals surface area contributed by atoms with Crippen LogP contribution >= 0.6 is 0 Å². The van der Waals surface area contributed by atoms with Crippen molar-refractivity contribution in [1.82, 2.24) is 4.90 Å². The Hall–Kier alpha value is -1.77. The summed E-state index contributed by atoms with van der Waals surface area (Å²) in [6.45, 7) is 4.50. The van der Waals surface area contributed by atoms with Crippen LogP contribution in [0.3, 0.4) is 0 Å². The molecule has 1 fully saturated rings. The fourth-order valence-electron chi connectivity index (χ4n) is 2.20.